The lowest BCUT2D eigenvalue weighted by molar-refractivity contribution is -0.118. The third-order valence-corrected chi connectivity index (χ3v) is 4.12. The molecule has 0 saturated heterocycles. The van der Waals surface area contributed by atoms with Crippen LogP contribution >= 0.6 is 11.3 Å². The van der Waals surface area contributed by atoms with Crippen molar-refractivity contribution in [3.63, 3.8) is 0 Å². The highest BCUT2D eigenvalue weighted by Gasteiger charge is 2.32. The number of nitriles is 1. The van der Waals surface area contributed by atoms with Gasteiger partial charge in [-0.3, -0.25) is 4.79 Å². The van der Waals surface area contributed by atoms with E-state index in [-0.39, 0.29) is 5.91 Å². The van der Waals surface area contributed by atoms with Crippen LogP contribution in [0.2, 0.25) is 0 Å². The smallest absolute Gasteiger partial charge is 0.245 e. The number of hydrogen-bond acceptors (Lipinski definition) is 4. The van der Waals surface area contributed by atoms with E-state index in [1.54, 1.807) is 17.4 Å². The molecule has 1 amide bonds. The molecule has 0 bridgehead atoms. The van der Waals surface area contributed by atoms with Gasteiger partial charge in [0.15, 0.2) is 0 Å². The first-order chi connectivity index (χ1) is 9.13. The van der Waals surface area contributed by atoms with E-state index in [0.717, 1.165) is 42.8 Å². The van der Waals surface area contributed by atoms with Gasteiger partial charge in [-0.25, -0.2) is 4.98 Å². The number of nitrogens with one attached hydrogen (secondary N) is 1. The predicted molar refractivity (Wildman–Crippen MR) is 75.5 cm³/mol. The predicted octanol–water partition coefficient (Wildman–Crippen LogP) is 2.81. The normalized spacial score (nSPS) is 18.1. The number of amides is 1. The second kappa shape index (κ2) is 5.98. The van der Waals surface area contributed by atoms with Crippen molar-refractivity contribution in [3.8, 4) is 6.07 Å². The minimum atomic E-state index is -0.669. The summed E-state index contributed by atoms with van der Waals surface area (Å²) in [5.74, 6) is -0.214. The van der Waals surface area contributed by atoms with Gasteiger partial charge in [0.2, 0.25) is 5.91 Å². The van der Waals surface area contributed by atoms with Gasteiger partial charge in [-0.1, -0.05) is 19.3 Å². The van der Waals surface area contributed by atoms with E-state index in [4.69, 9.17) is 0 Å². The van der Waals surface area contributed by atoms with Crippen molar-refractivity contribution < 1.29 is 4.79 Å². The summed E-state index contributed by atoms with van der Waals surface area (Å²) < 4.78 is 0. The zero-order valence-electron chi connectivity index (χ0n) is 11.0. The van der Waals surface area contributed by atoms with Gasteiger partial charge in [0.25, 0.3) is 0 Å². The molecule has 1 aliphatic carbocycles. The number of thiazole rings is 1. The fourth-order valence-corrected chi connectivity index (χ4v) is 2.90. The van der Waals surface area contributed by atoms with Crippen molar-refractivity contribution in [2.45, 2.75) is 44.6 Å². The summed E-state index contributed by atoms with van der Waals surface area (Å²) in [4.78, 5) is 16.1. The molecule has 1 saturated carbocycles. The van der Waals surface area contributed by atoms with Gasteiger partial charge in [-0.05, 0) is 25.8 Å². The molecule has 1 fully saturated rings. The number of rotatable bonds is 3. The van der Waals surface area contributed by atoms with Crippen LogP contribution in [-0.2, 0) is 4.79 Å². The second-order valence-corrected chi connectivity index (χ2v) is 5.93. The number of aryl methyl sites for hydroxylation is 1. The Morgan fingerprint density at radius 1 is 1.53 bits per heavy atom. The molecule has 0 aromatic carbocycles. The van der Waals surface area contributed by atoms with E-state index >= 15 is 0 Å². The summed E-state index contributed by atoms with van der Waals surface area (Å²) in [6.07, 6.45) is 7.80. The monoisotopic (exact) mass is 275 g/mol. The first kappa shape index (κ1) is 13.8. The van der Waals surface area contributed by atoms with Crippen molar-refractivity contribution in [1.82, 2.24) is 10.3 Å². The van der Waals surface area contributed by atoms with Crippen molar-refractivity contribution in [1.29, 1.82) is 5.26 Å². The van der Waals surface area contributed by atoms with Gasteiger partial charge in [0.1, 0.15) is 5.54 Å². The SMILES string of the molecule is Cc1nc(/C=C/C(=O)NC2(C#N)CCCCC2)cs1. The molecular formula is C14H17N3OS. The maximum absolute atomic E-state index is 11.9. The van der Waals surface area contributed by atoms with E-state index in [9.17, 15) is 10.1 Å². The molecule has 1 N–H and O–H groups in total. The average Bonchev–Trinajstić information content (AvgIpc) is 2.83. The van der Waals surface area contributed by atoms with Crippen molar-refractivity contribution in [3.05, 3.63) is 22.2 Å². The minimum absolute atomic E-state index is 0.214. The number of hydrogen-bond donors (Lipinski definition) is 1. The maximum Gasteiger partial charge on any atom is 0.245 e. The van der Waals surface area contributed by atoms with Gasteiger partial charge in [0.05, 0.1) is 16.8 Å². The molecule has 0 spiro atoms. The number of carbonyl (C=O) groups is 1. The fraction of sp³-hybridized carbons (Fsp3) is 0.500. The molecule has 0 atom stereocenters. The van der Waals surface area contributed by atoms with Gasteiger partial charge in [-0.2, -0.15) is 5.26 Å². The number of carbonyl (C=O) groups excluding carboxylic acids is 1. The lowest BCUT2D eigenvalue weighted by Gasteiger charge is -2.30. The molecule has 1 heterocycles. The van der Waals surface area contributed by atoms with Crippen molar-refractivity contribution in [2.75, 3.05) is 0 Å². The summed E-state index contributed by atoms with van der Waals surface area (Å²) in [5, 5.41) is 15.0. The van der Waals surface area contributed by atoms with Crippen LogP contribution in [0.3, 0.4) is 0 Å². The highest BCUT2D eigenvalue weighted by atomic mass is 32.1. The molecule has 4 nitrogen and oxygen atoms in total. The van der Waals surface area contributed by atoms with Crippen LogP contribution in [0.5, 0.6) is 0 Å². The minimum Gasteiger partial charge on any atom is -0.334 e. The zero-order chi connectivity index (χ0) is 13.7. The Morgan fingerprint density at radius 3 is 2.84 bits per heavy atom. The van der Waals surface area contributed by atoms with Crippen LogP contribution in [-0.4, -0.2) is 16.4 Å². The maximum atomic E-state index is 11.9. The van der Waals surface area contributed by atoms with Crippen molar-refractivity contribution >= 4 is 23.3 Å². The van der Waals surface area contributed by atoms with Crippen molar-refractivity contribution in [2.24, 2.45) is 0 Å². The molecule has 19 heavy (non-hydrogen) atoms. The Labute approximate surface area is 117 Å². The van der Waals surface area contributed by atoms with E-state index < -0.39 is 5.54 Å². The first-order valence-corrected chi connectivity index (χ1v) is 7.35. The van der Waals surface area contributed by atoms with Crippen LogP contribution in [0.25, 0.3) is 6.08 Å². The Morgan fingerprint density at radius 2 is 2.26 bits per heavy atom. The first-order valence-electron chi connectivity index (χ1n) is 6.47. The van der Waals surface area contributed by atoms with Gasteiger partial charge in [-0.15, -0.1) is 11.3 Å². The fourth-order valence-electron chi connectivity index (χ4n) is 2.32. The van der Waals surface area contributed by atoms with E-state index in [1.807, 2.05) is 12.3 Å². The standard InChI is InChI=1S/C14H17N3OS/c1-11-16-12(9-19-11)5-6-13(18)17-14(10-15)7-3-2-4-8-14/h5-6,9H,2-4,7-8H2,1H3,(H,17,18)/b6-5+. The third kappa shape index (κ3) is 3.65. The van der Waals surface area contributed by atoms with Crippen LogP contribution in [0.1, 0.15) is 42.8 Å². The Bertz CT molecular complexity index is 521. The zero-order valence-corrected chi connectivity index (χ0v) is 11.8. The van der Waals surface area contributed by atoms with Crippen LogP contribution < -0.4 is 5.32 Å². The van der Waals surface area contributed by atoms with E-state index in [1.165, 1.54) is 6.08 Å². The van der Waals surface area contributed by atoms with Crippen LogP contribution in [0.15, 0.2) is 11.5 Å². The number of nitrogens with zero attached hydrogens (tertiary/aromatic N) is 2. The molecule has 2 rings (SSSR count). The van der Waals surface area contributed by atoms with Gasteiger partial charge in [0, 0.05) is 11.5 Å². The molecule has 0 unspecified atom stereocenters. The summed E-state index contributed by atoms with van der Waals surface area (Å²) in [6, 6.07) is 2.27. The molecule has 0 radical (unpaired) electrons. The molecule has 5 heteroatoms. The lowest BCUT2D eigenvalue weighted by atomic mass is 9.83. The molecular weight excluding hydrogens is 258 g/mol. The van der Waals surface area contributed by atoms with E-state index in [0.29, 0.717) is 0 Å². The van der Waals surface area contributed by atoms with Crippen LogP contribution in [0, 0.1) is 18.3 Å². The Kier molecular flexibility index (Phi) is 4.33. The topological polar surface area (TPSA) is 65.8 Å². The second-order valence-electron chi connectivity index (χ2n) is 4.87. The molecule has 1 aromatic heterocycles. The highest BCUT2D eigenvalue weighted by molar-refractivity contribution is 7.09. The summed E-state index contributed by atoms with van der Waals surface area (Å²) in [6.45, 7) is 1.93. The molecule has 1 aliphatic rings. The average molecular weight is 275 g/mol. The summed E-state index contributed by atoms with van der Waals surface area (Å²) in [5.41, 5.74) is 0.116. The Balaban J connectivity index is 1.97. The Hall–Kier alpha value is -1.67. The number of aromatic nitrogens is 1. The highest BCUT2D eigenvalue weighted by Crippen LogP contribution is 2.27. The molecule has 0 aliphatic heterocycles. The van der Waals surface area contributed by atoms with Crippen LogP contribution in [0.4, 0.5) is 0 Å². The van der Waals surface area contributed by atoms with E-state index in [2.05, 4.69) is 16.4 Å². The van der Waals surface area contributed by atoms with Gasteiger partial charge < -0.3 is 5.32 Å². The lowest BCUT2D eigenvalue weighted by Crippen LogP contribution is -2.48. The summed E-state index contributed by atoms with van der Waals surface area (Å²) >= 11 is 1.55. The van der Waals surface area contributed by atoms with Gasteiger partial charge >= 0.3 is 0 Å². The largest absolute Gasteiger partial charge is 0.334 e. The quantitative estimate of drug-likeness (QED) is 0.863. The molecule has 100 valence electrons. The molecule has 1 aromatic rings. The third-order valence-electron chi connectivity index (χ3n) is 3.33. The summed E-state index contributed by atoms with van der Waals surface area (Å²) in [7, 11) is 0.